The lowest BCUT2D eigenvalue weighted by Crippen LogP contribution is -2.12. The predicted molar refractivity (Wildman–Crippen MR) is 95.4 cm³/mol. The van der Waals surface area contributed by atoms with Crippen LogP contribution in [0.1, 0.15) is 15.4 Å². The molecule has 0 aliphatic heterocycles. The third-order valence-corrected chi connectivity index (χ3v) is 4.69. The molecule has 24 heavy (non-hydrogen) atoms. The Labute approximate surface area is 142 Å². The summed E-state index contributed by atoms with van der Waals surface area (Å²) in [7, 11) is 0. The Morgan fingerprint density at radius 3 is 2.79 bits per heavy atom. The summed E-state index contributed by atoms with van der Waals surface area (Å²) in [5, 5.41) is 2.98. The van der Waals surface area contributed by atoms with Crippen LogP contribution >= 0.6 is 11.3 Å². The number of anilines is 1. The van der Waals surface area contributed by atoms with Gasteiger partial charge < -0.3 is 9.72 Å². The predicted octanol–water partition coefficient (Wildman–Crippen LogP) is 4.02. The maximum absolute atomic E-state index is 12.5. The van der Waals surface area contributed by atoms with Gasteiger partial charge in [0.15, 0.2) is 0 Å². The van der Waals surface area contributed by atoms with Gasteiger partial charge in [-0.25, -0.2) is 9.97 Å². The number of nitrogens with one attached hydrogen (secondary N) is 1. The lowest BCUT2D eigenvalue weighted by Gasteiger charge is -2.08. The number of pyridine rings is 1. The molecule has 0 radical (unpaired) electrons. The Bertz CT molecular complexity index is 1000. The summed E-state index contributed by atoms with van der Waals surface area (Å²) in [6.07, 6.45) is 3.91. The van der Waals surface area contributed by atoms with Crippen LogP contribution in [-0.4, -0.2) is 20.3 Å². The molecule has 0 aliphatic carbocycles. The van der Waals surface area contributed by atoms with Crippen LogP contribution in [-0.2, 0) is 0 Å². The third kappa shape index (κ3) is 2.57. The molecular weight excluding hydrogens is 320 g/mol. The highest BCUT2D eigenvalue weighted by Crippen LogP contribution is 2.28. The van der Waals surface area contributed by atoms with Gasteiger partial charge in [-0.15, -0.1) is 11.3 Å². The van der Waals surface area contributed by atoms with E-state index in [4.69, 9.17) is 0 Å². The van der Waals surface area contributed by atoms with E-state index in [0.717, 1.165) is 28.3 Å². The molecule has 1 amide bonds. The van der Waals surface area contributed by atoms with Gasteiger partial charge in [-0.3, -0.25) is 4.79 Å². The van der Waals surface area contributed by atoms with Crippen molar-refractivity contribution in [1.29, 1.82) is 0 Å². The first kappa shape index (κ1) is 14.6. The first-order chi connectivity index (χ1) is 11.7. The van der Waals surface area contributed by atoms with Crippen molar-refractivity contribution in [3.05, 3.63) is 70.9 Å². The standard InChI is InChI=1S/C18H14N4OS/c1-12-17(24-11-19-12)18(23)21-14-7-3-2-6-13(14)15-10-22-9-5-4-8-16(22)20-15/h2-11H,1H3,(H,21,23). The zero-order valence-electron chi connectivity index (χ0n) is 12.9. The summed E-state index contributed by atoms with van der Waals surface area (Å²) in [5.74, 6) is -0.147. The van der Waals surface area contributed by atoms with E-state index in [1.54, 1.807) is 5.51 Å². The van der Waals surface area contributed by atoms with Crippen LogP contribution < -0.4 is 5.32 Å². The van der Waals surface area contributed by atoms with Crippen molar-refractivity contribution >= 4 is 28.6 Å². The summed E-state index contributed by atoms with van der Waals surface area (Å²) in [6.45, 7) is 1.83. The molecule has 0 unspecified atom stereocenters. The number of benzene rings is 1. The molecular formula is C18H14N4OS. The minimum Gasteiger partial charge on any atom is -0.321 e. The number of carbonyl (C=O) groups excluding carboxylic acids is 1. The van der Waals surface area contributed by atoms with Gasteiger partial charge in [0.2, 0.25) is 0 Å². The van der Waals surface area contributed by atoms with Gasteiger partial charge in [-0.2, -0.15) is 0 Å². The van der Waals surface area contributed by atoms with Crippen molar-refractivity contribution in [3.8, 4) is 11.3 Å². The number of fused-ring (bicyclic) bond motifs is 1. The third-order valence-electron chi connectivity index (χ3n) is 3.77. The minimum atomic E-state index is -0.147. The van der Waals surface area contributed by atoms with Crippen LogP contribution in [0.25, 0.3) is 16.9 Å². The molecule has 0 saturated carbocycles. The van der Waals surface area contributed by atoms with E-state index < -0.39 is 0 Å². The molecule has 0 fully saturated rings. The van der Waals surface area contributed by atoms with Crippen molar-refractivity contribution in [1.82, 2.24) is 14.4 Å². The molecule has 6 heteroatoms. The van der Waals surface area contributed by atoms with Crippen LogP contribution in [0, 0.1) is 6.92 Å². The maximum Gasteiger partial charge on any atom is 0.267 e. The number of hydrogen-bond donors (Lipinski definition) is 1. The number of thiazole rings is 1. The number of hydrogen-bond acceptors (Lipinski definition) is 4. The summed E-state index contributed by atoms with van der Waals surface area (Å²) >= 11 is 1.34. The second-order valence-electron chi connectivity index (χ2n) is 5.36. The van der Waals surface area contributed by atoms with E-state index >= 15 is 0 Å². The van der Waals surface area contributed by atoms with Crippen LogP contribution in [0.5, 0.6) is 0 Å². The molecule has 118 valence electrons. The lowest BCUT2D eigenvalue weighted by molar-refractivity contribution is 0.103. The van der Waals surface area contributed by atoms with Gasteiger partial charge >= 0.3 is 0 Å². The number of para-hydroxylation sites is 1. The first-order valence-electron chi connectivity index (χ1n) is 7.47. The van der Waals surface area contributed by atoms with Gasteiger partial charge in [-0.05, 0) is 25.1 Å². The van der Waals surface area contributed by atoms with Crippen LogP contribution in [0.4, 0.5) is 5.69 Å². The average Bonchev–Trinajstić information content (AvgIpc) is 3.21. The molecule has 0 atom stereocenters. The molecule has 0 aliphatic rings. The number of nitrogens with zero attached hydrogens (tertiary/aromatic N) is 3. The van der Waals surface area contributed by atoms with E-state index in [9.17, 15) is 4.79 Å². The van der Waals surface area contributed by atoms with Crippen molar-refractivity contribution in [3.63, 3.8) is 0 Å². The monoisotopic (exact) mass is 334 g/mol. The number of aromatic nitrogens is 3. The zero-order chi connectivity index (χ0) is 16.5. The topological polar surface area (TPSA) is 59.3 Å². The molecule has 1 aromatic carbocycles. The van der Waals surface area contributed by atoms with Gasteiger partial charge in [0.05, 0.1) is 22.6 Å². The van der Waals surface area contributed by atoms with Gasteiger partial charge in [-0.1, -0.05) is 24.3 Å². The number of imidazole rings is 1. The molecule has 4 rings (SSSR count). The Balaban J connectivity index is 1.73. The van der Waals surface area contributed by atoms with Crippen LogP contribution in [0.2, 0.25) is 0 Å². The molecule has 1 N–H and O–H groups in total. The van der Waals surface area contributed by atoms with Crippen LogP contribution in [0.3, 0.4) is 0 Å². The van der Waals surface area contributed by atoms with Crippen LogP contribution in [0.15, 0.2) is 60.4 Å². The minimum absolute atomic E-state index is 0.147. The fourth-order valence-corrected chi connectivity index (χ4v) is 3.28. The average molecular weight is 334 g/mol. The summed E-state index contributed by atoms with van der Waals surface area (Å²) in [5.41, 5.74) is 5.72. The van der Waals surface area contributed by atoms with Gasteiger partial charge in [0, 0.05) is 18.0 Å². The molecule has 4 aromatic rings. The molecule has 3 heterocycles. The summed E-state index contributed by atoms with van der Waals surface area (Å²) < 4.78 is 1.96. The van der Waals surface area contributed by atoms with E-state index in [1.807, 2.05) is 66.2 Å². The SMILES string of the molecule is Cc1ncsc1C(=O)Nc1ccccc1-c1cn2ccccc2n1. The number of amides is 1. The van der Waals surface area contributed by atoms with Gasteiger partial charge in [0.25, 0.3) is 5.91 Å². The first-order valence-corrected chi connectivity index (χ1v) is 8.35. The maximum atomic E-state index is 12.5. The Morgan fingerprint density at radius 1 is 1.17 bits per heavy atom. The number of rotatable bonds is 3. The van der Waals surface area contributed by atoms with Crippen molar-refractivity contribution in [2.24, 2.45) is 0 Å². The highest BCUT2D eigenvalue weighted by atomic mass is 32.1. The fourth-order valence-electron chi connectivity index (χ4n) is 2.58. The van der Waals surface area contributed by atoms with E-state index in [1.165, 1.54) is 11.3 Å². The summed E-state index contributed by atoms with van der Waals surface area (Å²) in [4.78, 5) is 21.9. The second-order valence-corrected chi connectivity index (χ2v) is 6.21. The second kappa shape index (κ2) is 5.90. The molecule has 0 bridgehead atoms. The molecule has 0 saturated heterocycles. The van der Waals surface area contributed by atoms with Gasteiger partial charge in [0.1, 0.15) is 10.5 Å². The Kier molecular flexibility index (Phi) is 3.59. The Morgan fingerprint density at radius 2 is 2.00 bits per heavy atom. The van der Waals surface area contributed by atoms with Crippen molar-refractivity contribution < 1.29 is 4.79 Å². The molecule has 5 nitrogen and oxygen atoms in total. The fraction of sp³-hybridized carbons (Fsp3) is 0.0556. The smallest absolute Gasteiger partial charge is 0.267 e. The molecule has 3 aromatic heterocycles. The highest BCUT2D eigenvalue weighted by molar-refractivity contribution is 7.12. The quantitative estimate of drug-likeness (QED) is 0.615. The molecule has 0 spiro atoms. The Hall–Kier alpha value is -2.99. The number of aryl methyl sites for hydroxylation is 1. The number of carbonyl (C=O) groups is 1. The summed E-state index contributed by atoms with van der Waals surface area (Å²) in [6, 6.07) is 13.5. The van der Waals surface area contributed by atoms with E-state index in [2.05, 4.69) is 15.3 Å². The highest BCUT2D eigenvalue weighted by Gasteiger charge is 2.15. The zero-order valence-corrected chi connectivity index (χ0v) is 13.7. The van der Waals surface area contributed by atoms with Crippen molar-refractivity contribution in [2.75, 3.05) is 5.32 Å². The van der Waals surface area contributed by atoms with Crippen molar-refractivity contribution in [2.45, 2.75) is 6.92 Å². The lowest BCUT2D eigenvalue weighted by atomic mass is 10.1. The normalized spacial score (nSPS) is 10.9. The van der Waals surface area contributed by atoms with E-state index in [0.29, 0.717) is 4.88 Å². The van der Waals surface area contributed by atoms with E-state index in [-0.39, 0.29) is 5.91 Å². The largest absolute Gasteiger partial charge is 0.321 e.